The van der Waals surface area contributed by atoms with Crippen LogP contribution in [0.25, 0.3) is 11.0 Å². The first-order valence-electron chi connectivity index (χ1n) is 5.67. The van der Waals surface area contributed by atoms with Crippen molar-refractivity contribution in [3.05, 3.63) is 29.5 Å². The van der Waals surface area contributed by atoms with Crippen LogP contribution in [0.1, 0.15) is 25.2 Å². The molecule has 0 amide bonds. The van der Waals surface area contributed by atoms with E-state index in [0.717, 1.165) is 28.9 Å². The molecule has 0 spiro atoms. The maximum absolute atomic E-state index is 5.77. The minimum absolute atomic E-state index is 0.434. The van der Waals surface area contributed by atoms with Gasteiger partial charge in [0, 0.05) is 10.9 Å². The second-order valence-electron chi connectivity index (χ2n) is 3.63. The van der Waals surface area contributed by atoms with E-state index in [9.17, 15) is 0 Å². The number of nitrogens with two attached hydrogens (primary N) is 1. The Balaban J connectivity index is 2.65. The van der Waals surface area contributed by atoms with Gasteiger partial charge in [-0.2, -0.15) is 0 Å². The molecular formula is C13H17NO2. The van der Waals surface area contributed by atoms with Crippen LogP contribution in [0.3, 0.4) is 0 Å². The quantitative estimate of drug-likeness (QED) is 0.860. The molecular weight excluding hydrogens is 202 g/mol. The summed E-state index contributed by atoms with van der Waals surface area (Å²) in [6.45, 7) is 5.14. The van der Waals surface area contributed by atoms with Crippen LogP contribution in [-0.2, 0) is 13.0 Å². The van der Waals surface area contributed by atoms with Crippen LogP contribution in [0, 0.1) is 0 Å². The fourth-order valence-corrected chi connectivity index (χ4v) is 2.02. The molecule has 1 aromatic carbocycles. The number of rotatable bonds is 4. The van der Waals surface area contributed by atoms with Gasteiger partial charge in [-0.25, -0.2) is 0 Å². The van der Waals surface area contributed by atoms with Gasteiger partial charge in [0.15, 0.2) is 11.3 Å². The lowest BCUT2D eigenvalue weighted by Crippen LogP contribution is -1.97. The monoisotopic (exact) mass is 219 g/mol. The molecule has 1 aromatic heterocycles. The lowest BCUT2D eigenvalue weighted by Gasteiger charge is -2.02. The summed E-state index contributed by atoms with van der Waals surface area (Å²) in [5.41, 5.74) is 7.69. The van der Waals surface area contributed by atoms with Crippen molar-refractivity contribution in [1.29, 1.82) is 0 Å². The average Bonchev–Trinajstić information content (AvgIpc) is 2.68. The van der Waals surface area contributed by atoms with Gasteiger partial charge in [-0.1, -0.05) is 19.1 Å². The zero-order chi connectivity index (χ0) is 11.5. The van der Waals surface area contributed by atoms with Crippen molar-refractivity contribution in [1.82, 2.24) is 0 Å². The molecule has 0 aliphatic heterocycles. The third-order valence-corrected chi connectivity index (χ3v) is 2.70. The number of fused-ring (bicyclic) bond motifs is 1. The molecule has 2 aromatic rings. The Kier molecular flexibility index (Phi) is 3.15. The Morgan fingerprint density at radius 2 is 2.12 bits per heavy atom. The van der Waals surface area contributed by atoms with Gasteiger partial charge >= 0.3 is 0 Å². The lowest BCUT2D eigenvalue weighted by atomic mass is 10.1. The van der Waals surface area contributed by atoms with E-state index >= 15 is 0 Å². The molecule has 2 N–H and O–H groups in total. The number of ether oxygens (including phenoxy) is 1. The summed E-state index contributed by atoms with van der Waals surface area (Å²) in [5, 5.41) is 1.12. The number of hydrogen-bond donors (Lipinski definition) is 1. The number of para-hydroxylation sites is 1. The zero-order valence-corrected chi connectivity index (χ0v) is 9.75. The van der Waals surface area contributed by atoms with Crippen molar-refractivity contribution in [2.75, 3.05) is 6.61 Å². The van der Waals surface area contributed by atoms with Crippen LogP contribution in [0.15, 0.2) is 22.6 Å². The lowest BCUT2D eigenvalue weighted by molar-refractivity contribution is 0.337. The predicted molar refractivity (Wildman–Crippen MR) is 64.7 cm³/mol. The van der Waals surface area contributed by atoms with Crippen LogP contribution in [0.4, 0.5) is 0 Å². The number of furan rings is 1. The van der Waals surface area contributed by atoms with E-state index in [1.807, 2.05) is 19.1 Å². The van der Waals surface area contributed by atoms with Crippen LogP contribution in [0.5, 0.6) is 5.75 Å². The summed E-state index contributed by atoms with van der Waals surface area (Å²) >= 11 is 0. The van der Waals surface area contributed by atoms with Crippen LogP contribution >= 0.6 is 0 Å². The average molecular weight is 219 g/mol. The molecule has 0 radical (unpaired) electrons. The Hall–Kier alpha value is -1.48. The Morgan fingerprint density at radius 3 is 2.75 bits per heavy atom. The van der Waals surface area contributed by atoms with Gasteiger partial charge in [-0.3, -0.25) is 0 Å². The van der Waals surface area contributed by atoms with Crippen molar-refractivity contribution in [3.8, 4) is 5.75 Å². The van der Waals surface area contributed by atoms with Gasteiger partial charge in [0.25, 0.3) is 0 Å². The van der Waals surface area contributed by atoms with Crippen molar-refractivity contribution in [2.45, 2.75) is 26.8 Å². The van der Waals surface area contributed by atoms with E-state index in [1.54, 1.807) is 0 Å². The summed E-state index contributed by atoms with van der Waals surface area (Å²) < 4.78 is 11.3. The Labute approximate surface area is 95.2 Å². The summed E-state index contributed by atoms with van der Waals surface area (Å²) in [5.74, 6) is 1.67. The molecule has 16 heavy (non-hydrogen) atoms. The van der Waals surface area contributed by atoms with Crippen molar-refractivity contribution >= 4 is 11.0 Å². The summed E-state index contributed by atoms with van der Waals surface area (Å²) in [4.78, 5) is 0. The van der Waals surface area contributed by atoms with Gasteiger partial charge in [-0.05, 0) is 19.4 Å². The van der Waals surface area contributed by atoms with Gasteiger partial charge in [0.05, 0.1) is 13.2 Å². The van der Waals surface area contributed by atoms with Crippen LogP contribution in [-0.4, -0.2) is 6.61 Å². The van der Waals surface area contributed by atoms with Gasteiger partial charge in [-0.15, -0.1) is 0 Å². The van der Waals surface area contributed by atoms with E-state index in [-0.39, 0.29) is 0 Å². The first-order chi connectivity index (χ1) is 7.81. The maximum Gasteiger partial charge on any atom is 0.176 e. The molecule has 3 heteroatoms. The zero-order valence-electron chi connectivity index (χ0n) is 9.75. The van der Waals surface area contributed by atoms with Crippen molar-refractivity contribution in [2.24, 2.45) is 5.73 Å². The molecule has 1 heterocycles. The number of aryl methyl sites for hydroxylation is 1. The van der Waals surface area contributed by atoms with E-state index in [2.05, 4.69) is 13.0 Å². The smallest absolute Gasteiger partial charge is 0.176 e. The van der Waals surface area contributed by atoms with Crippen LogP contribution < -0.4 is 10.5 Å². The topological polar surface area (TPSA) is 48.4 Å². The molecule has 0 aliphatic rings. The SMILES string of the molecule is CCOc1cccc2c(CC)c(CN)oc12. The third-order valence-electron chi connectivity index (χ3n) is 2.70. The second kappa shape index (κ2) is 4.58. The highest BCUT2D eigenvalue weighted by Gasteiger charge is 2.14. The minimum Gasteiger partial charge on any atom is -0.490 e. The normalized spacial score (nSPS) is 10.9. The summed E-state index contributed by atoms with van der Waals surface area (Å²) in [6, 6.07) is 5.97. The van der Waals surface area contributed by atoms with Gasteiger partial charge in [0.1, 0.15) is 5.76 Å². The molecule has 0 atom stereocenters. The van der Waals surface area contributed by atoms with E-state index in [4.69, 9.17) is 14.9 Å². The molecule has 0 saturated carbocycles. The summed E-state index contributed by atoms with van der Waals surface area (Å²) in [7, 11) is 0. The molecule has 0 aliphatic carbocycles. The third kappa shape index (κ3) is 1.67. The first-order valence-corrected chi connectivity index (χ1v) is 5.67. The molecule has 2 rings (SSSR count). The van der Waals surface area contributed by atoms with Crippen molar-refractivity contribution < 1.29 is 9.15 Å². The minimum atomic E-state index is 0.434. The Bertz CT molecular complexity index is 488. The number of hydrogen-bond acceptors (Lipinski definition) is 3. The van der Waals surface area contributed by atoms with Crippen molar-refractivity contribution in [3.63, 3.8) is 0 Å². The first kappa shape index (κ1) is 11.0. The second-order valence-corrected chi connectivity index (χ2v) is 3.63. The fraction of sp³-hybridized carbons (Fsp3) is 0.385. The molecule has 0 bridgehead atoms. The predicted octanol–water partition coefficient (Wildman–Crippen LogP) is 2.85. The highest BCUT2D eigenvalue weighted by Crippen LogP contribution is 2.32. The fourth-order valence-electron chi connectivity index (χ4n) is 2.02. The standard InChI is InChI=1S/C13H17NO2/c1-3-9-10-6-5-7-11(15-4-2)13(10)16-12(9)8-14/h5-7H,3-4,8,14H2,1-2H3. The van der Waals surface area contributed by atoms with E-state index < -0.39 is 0 Å². The van der Waals surface area contributed by atoms with E-state index in [0.29, 0.717) is 13.2 Å². The Morgan fingerprint density at radius 1 is 1.31 bits per heavy atom. The highest BCUT2D eigenvalue weighted by molar-refractivity contribution is 5.87. The van der Waals surface area contributed by atoms with E-state index in [1.165, 1.54) is 5.56 Å². The molecule has 3 nitrogen and oxygen atoms in total. The summed E-state index contributed by atoms with van der Waals surface area (Å²) in [6.07, 6.45) is 0.926. The number of benzene rings is 1. The van der Waals surface area contributed by atoms with Gasteiger partial charge in [0.2, 0.25) is 0 Å². The molecule has 0 fully saturated rings. The molecule has 0 unspecified atom stereocenters. The van der Waals surface area contributed by atoms with Crippen LogP contribution in [0.2, 0.25) is 0 Å². The highest BCUT2D eigenvalue weighted by atomic mass is 16.5. The largest absolute Gasteiger partial charge is 0.490 e. The van der Waals surface area contributed by atoms with Gasteiger partial charge < -0.3 is 14.9 Å². The molecule has 86 valence electrons. The maximum atomic E-state index is 5.77. The molecule has 0 saturated heterocycles.